The molecule has 0 N–H and O–H groups in total. The average Bonchev–Trinajstić information content (AvgIpc) is 2.93. The number of unbranched alkanes of at least 4 members (excludes halogenated alkanes) is 7. The van der Waals surface area contributed by atoms with Gasteiger partial charge in [0.15, 0.2) is 23.1 Å². The van der Waals surface area contributed by atoms with Crippen molar-refractivity contribution in [2.45, 2.75) is 89.4 Å². The second kappa shape index (κ2) is 17.7. The summed E-state index contributed by atoms with van der Waals surface area (Å²) in [6.45, 7) is 0.303. The number of alkyl halides is 9. The molecule has 0 amide bonds. The maximum Gasteiger partial charge on any atom is 0.527 e. The molecule has 1 aromatic heterocycles. The fourth-order valence-corrected chi connectivity index (χ4v) is 3.71. The number of hydrogen-bond acceptors (Lipinski definition) is 7. The quantitative estimate of drug-likeness (QED) is 0.0917. The molecular weight excluding hydrogens is 634 g/mol. The van der Waals surface area contributed by atoms with E-state index in [9.17, 15) is 43.9 Å². The normalized spacial score (nSPS) is 12.9. The zero-order valence-corrected chi connectivity index (χ0v) is 24.3. The van der Waals surface area contributed by atoms with Crippen LogP contribution >= 0.6 is 0 Å². The predicted octanol–water partition coefficient (Wildman–Crippen LogP) is 8.92. The van der Waals surface area contributed by atoms with Crippen LogP contribution in [-0.2, 0) is 14.2 Å². The van der Waals surface area contributed by atoms with Gasteiger partial charge >= 0.3 is 24.7 Å². The van der Waals surface area contributed by atoms with E-state index in [1.807, 2.05) is 4.74 Å². The van der Waals surface area contributed by atoms with E-state index in [-0.39, 0.29) is 31.0 Å². The summed E-state index contributed by atoms with van der Waals surface area (Å²) in [5.74, 6) is 0.0164. The van der Waals surface area contributed by atoms with Crippen molar-refractivity contribution in [2.75, 3.05) is 26.4 Å². The summed E-state index contributed by atoms with van der Waals surface area (Å²) in [5.41, 5.74) is 0.398. The Morgan fingerprint density at radius 2 is 1.22 bits per heavy atom. The van der Waals surface area contributed by atoms with Gasteiger partial charge in [-0.25, -0.2) is 23.8 Å². The van der Waals surface area contributed by atoms with Crippen molar-refractivity contribution >= 4 is 0 Å². The molecule has 2 rings (SSSR count). The Morgan fingerprint density at radius 1 is 0.667 bits per heavy atom. The van der Waals surface area contributed by atoms with Crippen molar-refractivity contribution < 1.29 is 67.6 Å². The van der Waals surface area contributed by atoms with Crippen LogP contribution in [0.15, 0.2) is 30.6 Å². The first-order chi connectivity index (χ1) is 21.1. The number of benzene rings is 1. The van der Waals surface area contributed by atoms with Gasteiger partial charge in [-0.2, -0.15) is 26.3 Å². The van der Waals surface area contributed by atoms with Crippen molar-refractivity contribution in [3.8, 4) is 22.9 Å². The lowest BCUT2D eigenvalue weighted by Gasteiger charge is -2.29. The number of rotatable bonds is 22. The molecule has 45 heavy (non-hydrogen) atoms. The van der Waals surface area contributed by atoms with E-state index in [4.69, 9.17) is 9.47 Å². The molecule has 0 bridgehead atoms. The zero-order chi connectivity index (χ0) is 33.6. The maximum absolute atomic E-state index is 14.5. The summed E-state index contributed by atoms with van der Waals surface area (Å²) in [5, 5.41) is 0. The Kier molecular flexibility index (Phi) is 15.0. The SMILES string of the molecule is CCCCCCCCOc1cnc(-c2ccc(OCCCCCOCC(F)(F)OC(F)(F)C(F)(F)OC(F)(F)F)c(F)c2)nc1. The predicted molar refractivity (Wildman–Crippen MR) is 140 cm³/mol. The van der Waals surface area contributed by atoms with E-state index in [0.29, 0.717) is 24.3 Å². The van der Waals surface area contributed by atoms with Crippen molar-refractivity contribution in [1.82, 2.24) is 9.97 Å². The van der Waals surface area contributed by atoms with Gasteiger partial charge in [-0.05, 0) is 43.9 Å². The van der Waals surface area contributed by atoms with Crippen LogP contribution in [0.1, 0.15) is 64.7 Å². The van der Waals surface area contributed by atoms with Gasteiger partial charge in [-0.15, -0.1) is 13.2 Å². The molecule has 17 heteroatoms. The Balaban J connectivity index is 1.66. The van der Waals surface area contributed by atoms with E-state index >= 15 is 0 Å². The molecule has 0 saturated carbocycles. The Morgan fingerprint density at radius 3 is 1.84 bits per heavy atom. The lowest BCUT2D eigenvalue weighted by Crippen LogP contribution is -2.51. The standard InChI is InChI=1S/C28H34F10N2O5/c1-2-3-4-5-6-9-14-42-21-17-39-24(40-18-21)20-11-12-23(22(29)16-20)43-15-10-7-8-13-41-19-25(30,31)44-26(32,33)27(34,35)45-28(36,37)38/h11-12,16-18H,2-10,13-15,19H2,1H3. The third kappa shape index (κ3) is 14.4. The fourth-order valence-electron chi connectivity index (χ4n) is 3.71. The minimum Gasteiger partial charge on any atom is -0.491 e. The summed E-state index contributed by atoms with van der Waals surface area (Å²) in [4.78, 5) is 8.40. The van der Waals surface area contributed by atoms with Crippen LogP contribution in [-0.4, -0.2) is 61.1 Å². The van der Waals surface area contributed by atoms with Gasteiger partial charge in [0.05, 0.1) is 25.6 Å². The minimum atomic E-state index is -6.42. The van der Waals surface area contributed by atoms with Crippen LogP contribution in [0.3, 0.4) is 0 Å². The van der Waals surface area contributed by atoms with E-state index in [2.05, 4.69) is 26.4 Å². The summed E-state index contributed by atoms with van der Waals surface area (Å²) >= 11 is 0. The van der Waals surface area contributed by atoms with E-state index in [0.717, 1.165) is 19.3 Å². The first-order valence-corrected chi connectivity index (χ1v) is 14.1. The lowest BCUT2D eigenvalue weighted by molar-refractivity contribution is -0.530. The van der Waals surface area contributed by atoms with Crippen molar-refractivity contribution in [3.05, 3.63) is 36.4 Å². The van der Waals surface area contributed by atoms with Crippen LogP contribution in [0.5, 0.6) is 11.5 Å². The molecule has 1 aromatic carbocycles. The van der Waals surface area contributed by atoms with Crippen molar-refractivity contribution in [3.63, 3.8) is 0 Å². The van der Waals surface area contributed by atoms with Gasteiger partial charge in [0.1, 0.15) is 6.61 Å². The van der Waals surface area contributed by atoms with Crippen LogP contribution in [0.4, 0.5) is 43.9 Å². The van der Waals surface area contributed by atoms with E-state index in [1.54, 1.807) is 6.07 Å². The topological polar surface area (TPSA) is 71.9 Å². The van der Waals surface area contributed by atoms with Crippen LogP contribution in [0, 0.1) is 5.82 Å². The zero-order valence-electron chi connectivity index (χ0n) is 24.3. The smallest absolute Gasteiger partial charge is 0.491 e. The molecule has 0 spiro atoms. The lowest BCUT2D eigenvalue weighted by atomic mass is 10.1. The molecule has 0 aliphatic carbocycles. The molecule has 0 atom stereocenters. The highest BCUT2D eigenvalue weighted by Gasteiger charge is 2.67. The van der Waals surface area contributed by atoms with Crippen LogP contribution in [0.25, 0.3) is 11.4 Å². The summed E-state index contributed by atoms with van der Waals surface area (Å²) < 4.78 is 149. The van der Waals surface area contributed by atoms with E-state index in [1.165, 1.54) is 43.8 Å². The van der Waals surface area contributed by atoms with Gasteiger partial charge in [0, 0.05) is 12.2 Å². The number of aromatic nitrogens is 2. The van der Waals surface area contributed by atoms with Crippen LogP contribution < -0.4 is 9.47 Å². The molecule has 0 aliphatic heterocycles. The monoisotopic (exact) mass is 668 g/mol. The first kappa shape index (κ1) is 38.3. The van der Waals surface area contributed by atoms with Crippen LogP contribution in [0.2, 0.25) is 0 Å². The van der Waals surface area contributed by atoms with Gasteiger partial charge in [0.25, 0.3) is 0 Å². The third-order valence-electron chi connectivity index (χ3n) is 5.91. The highest BCUT2D eigenvalue weighted by atomic mass is 19.4. The summed E-state index contributed by atoms with van der Waals surface area (Å²) in [7, 11) is 0. The number of hydrogen-bond donors (Lipinski definition) is 0. The molecule has 2 aromatic rings. The molecule has 7 nitrogen and oxygen atoms in total. The second-order valence-electron chi connectivity index (χ2n) is 9.79. The molecule has 1 heterocycles. The largest absolute Gasteiger partial charge is 0.527 e. The van der Waals surface area contributed by atoms with E-state index < -0.39 is 43.7 Å². The highest BCUT2D eigenvalue weighted by molar-refractivity contribution is 5.56. The average molecular weight is 669 g/mol. The van der Waals surface area contributed by atoms with Gasteiger partial charge < -0.3 is 14.2 Å². The van der Waals surface area contributed by atoms with Crippen molar-refractivity contribution in [1.29, 1.82) is 0 Å². The Bertz CT molecular complexity index is 1140. The third-order valence-corrected chi connectivity index (χ3v) is 5.91. The number of ether oxygens (including phenoxy) is 5. The molecule has 256 valence electrons. The number of nitrogens with zero attached hydrogens (tertiary/aromatic N) is 2. The molecule has 0 aliphatic rings. The maximum atomic E-state index is 14.5. The second-order valence-corrected chi connectivity index (χ2v) is 9.79. The van der Waals surface area contributed by atoms with Gasteiger partial charge in [-0.1, -0.05) is 39.0 Å². The van der Waals surface area contributed by atoms with Crippen molar-refractivity contribution in [2.24, 2.45) is 0 Å². The Hall–Kier alpha value is -2.92. The molecule has 0 radical (unpaired) electrons. The van der Waals surface area contributed by atoms with Gasteiger partial charge in [0.2, 0.25) is 0 Å². The summed E-state index contributed by atoms with van der Waals surface area (Å²) in [6, 6.07) is 4.11. The highest BCUT2D eigenvalue weighted by Crippen LogP contribution is 2.43. The minimum absolute atomic E-state index is 0.0111. The Labute approximate surface area is 253 Å². The first-order valence-electron chi connectivity index (χ1n) is 14.1. The van der Waals surface area contributed by atoms with Gasteiger partial charge in [-0.3, -0.25) is 0 Å². The summed E-state index contributed by atoms with van der Waals surface area (Å²) in [6.07, 6.45) is -13.6. The molecular formula is C28H34F10N2O5. The fraction of sp³-hybridized carbons (Fsp3) is 0.643. The number of halogens is 10. The molecule has 0 unspecified atom stereocenters. The molecule has 0 fully saturated rings. The molecule has 0 saturated heterocycles.